The van der Waals surface area contributed by atoms with Gasteiger partial charge >= 0.3 is 0 Å². The van der Waals surface area contributed by atoms with Gasteiger partial charge in [-0.1, -0.05) is 17.7 Å². The molecule has 1 aromatic carbocycles. The Morgan fingerprint density at radius 1 is 1.31 bits per heavy atom. The first-order chi connectivity index (χ1) is 12.6. The number of carbonyl (C=O) groups is 1. The molecule has 1 atom stereocenters. The maximum absolute atomic E-state index is 14.6. The van der Waals surface area contributed by atoms with Crippen molar-refractivity contribution in [2.45, 2.75) is 25.3 Å². The Hall–Kier alpha value is -2.25. The first-order valence-electron chi connectivity index (χ1n) is 8.29. The lowest BCUT2D eigenvalue weighted by atomic mass is 10.0. The van der Waals surface area contributed by atoms with Crippen molar-refractivity contribution in [3.8, 4) is 11.6 Å². The lowest BCUT2D eigenvalue weighted by Gasteiger charge is -2.27. The van der Waals surface area contributed by atoms with E-state index in [1.54, 1.807) is 24.4 Å². The average molecular weight is 392 g/mol. The van der Waals surface area contributed by atoms with Crippen molar-refractivity contribution >= 4 is 40.5 Å². The van der Waals surface area contributed by atoms with Gasteiger partial charge in [0, 0.05) is 24.9 Å². The van der Waals surface area contributed by atoms with E-state index in [1.807, 2.05) is 4.90 Å². The fourth-order valence-electron chi connectivity index (χ4n) is 3.30. The number of fused-ring (bicyclic) bond motifs is 1. The lowest BCUT2D eigenvalue weighted by Crippen LogP contribution is -2.38. The van der Waals surface area contributed by atoms with Gasteiger partial charge in [0.15, 0.2) is 5.11 Å². The van der Waals surface area contributed by atoms with Crippen LogP contribution < -0.4 is 9.64 Å². The number of thiocarbonyl (C=S) groups is 1. The van der Waals surface area contributed by atoms with Crippen LogP contribution in [0.3, 0.4) is 0 Å². The molecule has 5 nitrogen and oxygen atoms in total. The molecule has 26 heavy (non-hydrogen) atoms. The molecular formula is C18H15ClFN3O2S. The largest absolute Gasteiger partial charge is 0.437 e. The van der Waals surface area contributed by atoms with Crippen LogP contribution in [0.5, 0.6) is 11.6 Å². The fourth-order valence-corrected chi connectivity index (χ4v) is 3.89. The third-order valence-corrected chi connectivity index (χ3v) is 5.25. The molecule has 134 valence electrons. The number of anilines is 1. The SMILES string of the molecule is O=C1C2CCCCN2C(=S)N1c1cc(Oc2ccccn2)c(Cl)cc1F. The summed E-state index contributed by atoms with van der Waals surface area (Å²) < 4.78 is 20.3. The van der Waals surface area contributed by atoms with Crippen molar-refractivity contribution in [2.75, 3.05) is 11.4 Å². The van der Waals surface area contributed by atoms with Crippen LogP contribution in [-0.2, 0) is 4.79 Å². The summed E-state index contributed by atoms with van der Waals surface area (Å²) in [6, 6.07) is 7.38. The molecule has 0 N–H and O–H groups in total. The monoisotopic (exact) mass is 391 g/mol. The molecule has 2 saturated heterocycles. The summed E-state index contributed by atoms with van der Waals surface area (Å²) in [6.07, 6.45) is 4.22. The van der Waals surface area contributed by atoms with E-state index in [0.29, 0.717) is 17.5 Å². The number of hydrogen-bond donors (Lipinski definition) is 0. The smallest absolute Gasteiger partial charge is 0.256 e. The van der Waals surface area contributed by atoms with Gasteiger partial charge in [-0.2, -0.15) is 0 Å². The molecule has 1 unspecified atom stereocenters. The number of rotatable bonds is 3. The Balaban J connectivity index is 1.71. The minimum atomic E-state index is -0.626. The van der Waals surface area contributed by atoms with Gasteiger partial charge in [0.05, 0.1) is 10.7 Å². The fraction of sp³-hybridized carbons (Fsp3) is 0.278. The highest BCUT2D eigenvalue weighted by molar-refractivity contribution is 7.80. The van der Waals surface area contributed by atoms with Crippen molar-refractivity contribution in [1.29, 1.82) is 0 Å². The van der Waals surface area contributed by atoms with Gasteiger partial charge in [-0.05, 0) is 43.6 Å². The highest BCUT2D eigenvalue weighted by atomic mass is 35.5. The van der Waals surface area contributed by atoms with Gasteiger partial charge in [0.2, 0.25) is 5.88 Å². The van der Waals surface area contributed by atoms with Gasteiger partial charge in [0.1, 0.15) is 17.6 Å². The summed E-state index contributed by atoms with van der Waals surface area (Å²) >= 11 is 11.6. The molecule has 0 aliphatic carbocycles. The van der Waals surface area contributed by atoms with Crippen LogP contribution >= 0.6 is 23.8 Å². The zero-order valence-electron chi connectivity index (χ0n) is 13.7. The summed E-state index contributed by atoms with van der Waals surface area (Å²) in [4.78, 5) is 20.0. The van der Waals surface area contributed by atoms with E-state index < -0.39 is 5.82 Å². The maximum Gasteiger partial charge on any atom is 0.256 e. The van der Waals surface area contributed by atoms with Gasteiger partial charge in [-0.15, -0.1) is 0 Å². The minimum absolute atomic E-state index is 0.0460. The zero-order valence-corrected chi connectivity index (χ0v) is 15.3. The van der Waals surface area contributed by atoms with Crippen LogP contribution in [0, 0.1) is 5.82 Å². The average Bonchev–Trinajstić information content (AvgIpc) is 2.90. The third-order valence-electron chi connectivity index (χ3n) is 4.54. The number of pyridine rings is 1. The van der Waals surface area contributed by atoms with Gasteiger partial charge in [-0.3, -0.25) is 9.69 Å². The number of ether oxygens (including phenoxy) is 1. The van der Waals surface area contributed by atoms with E-state index >= 15 is 0 Å². The van der Waals surface area contributed by atoms with E-state index in [2.05, 4.69) is 4.98 Å². The Morgan fingerprint density at radius 3 is 2.88 bits per heavy atom. The second kappa shape index (κ2) is 6.81. The zero-order chi connectivity index (χ0) is 18.3. The number of benzene rings is 1. The number of halogens is 2. The summed E-state index contributed by atoms with van der Waals surface area (Å²) in [7, 11) is 0. The molecular weight excluding hydrogens is 377 g/mol. The number of amides is 1. The number of hydrogen-bond acceptors (Lipinski definition) is 4. The quantitative estimate of drug-likeness (QED) is 0.735. The summed E-state index contributed by atoms with van der Waals surface area (Å²) in [5.41, 5.74) is 0.0460. The van der Waals surface area contributed by atoms with Crippen LogP contribution in [0.1, 0.15) is 19.3 Å². The third kappa shape index (κ3) is 2.91. The van der Waals surface area contributed by atoms with Gasteiger partial charge in [-0.25, -0.2) is 9.37 Å². The molecule has 0 bridgehead atoms. The van der Waals surface area contributed by atoms with E-state index in [4.69, 9.17) is 28.6 Å². The number of carbonyl (C=O) groups excluding carboxylic acids is 1. The molecule has 1 aromatic heterocycles. The highest BCUT2D eigenvalue weighted by Crippen LogP contribution is 2.38. The van der Waals surface area contributed by atoms with Crippen molar-refractivity contribution in [2.24, 2.45) is 0 Å². The Bertz CT molecular complexity index is 856. The molecule has 2 fully saturated rings. The molecule has 4 rings (SSSR count). The van der Waals surface area contributed by atoms with Crippen LogP contribution in [0.2, 0.25) is 5.02 Å². The van der Waals surface area contributed by atoms with Gasteiger partial charge < -0.3 is 9.64 Å². The molecule has 2 aliphatic rings. The van der Waals surface area contributed by atoms with E-state index in [0.717, 1.165) is 25.3 Å². The predicted molar refractivity (Wildman–Crippen MR) is 100 cm³/mol. The molecule has 2 aliphatic heterocycles. The first kappa shape index (κ1) is 17.2. The van der Waals surface area contributed by atoms with Crippen LogP contribution in [-0.4, -0.2) is 33.5 Å². The summed E-state index contributed by atoms with van der Waals surface area (Å²) in [5, 5.41) is 0.414. The summed E-state index contributed by atoms with van der Waals surface area (Å²) in [6.45, 7) is 0.707. The Kier molecular flexibility index (Phi) is 4.50. The predicted octanol–water partition coefficient (Wildman–Crippen LogP) is 4.15. The Morgan fingerprint density at radius 2 is 2.15 bits per heavy atom. The Labute approximate surface area is 160 Å². The van der Waals surface area contributed by atoms with Crippen LogP contribution in [0.15, 0.2) is 36.5 Å². The minimum Gasteiger partial charge on any atom is -0.437 e. The molecule has 1 amide bonds. The van der Waals surface area contributed by atoms with Crippen molar-refractivity contribution in [3.05, 3.63) is 47.4 Å². The molecule has 8 heteroatoms. The van der Waals surface area contributed by atoms with Crippen molar-refractivity contribution in [3.63, 3.8) is 0 Å². The van der Waals surface area contributed by atoms with E-state index in [1.165, 1.54) is 11.0 Å². The molecule has 0 radical (unpaired) electrons. The number of nitrogens with zero attached hydrogens (tertiary/aromatic N) is 3. The second-order valence-electron chi connectivity index (χ2n) is 6.17. The lowest BCUT2D eigenvalue weighted by molar-refractivity contribution is -0.120. The highest BCUT2D eigenvalue weighted by Gasteiger charge is 2.45. The molecule has 3 heterocycles. The first-order valence-corrected chi connectivity index (χ1v) is 9.07. The second-order valence-corrected chi connectivity index (χ2v) is 6.94. The summed E-state index contributed by atoms with van der Waals surface area (Å²) in [5.74, 6) is -0.305. The van der Waals surface area contributed by atoms with E-state index in [9.17, 15) is 9.18 Å². The van der Waals surface area contributed by atoms with E-state index in [-0.39, 0.29) is 28.4 Å². The standard InChI is InChI=1S/C18H15ClFN3O2S/c19-11-9-12(20)14(10-15(11)25-16-6-1-3-7-21-16)23-17(24)13-5-2-4-8-22(13)18(23)26/h1,3,6-7,9-10,13H,2,4-5,8H2. The van der Waals surface area contributed by atoms with Crippen molar-refractivity contribution < 1.29 is 13.9 Å². The number of aromatic nitrogens is 1. The maximum atomic E-state index is 14.6. The normalized spacial score (nSPS) is 19.7. The van der Waals surface area contributed by atoms with Crippen molar-refractivity contribution in [1.82, 2.24) is 9.88 Å². The number of piperidine rings is 1. The topological polar surface area (TPSA) is 45.7 Å². The molecule has 2 aromatic rings. The van der Waals surface area contributed by atoms with Crippen LogP contribution in [0.25, 0.3) is 0 Å². The van der Waals surface area contributed by atoms with Crippen LogP contribution in [0.4, 0.5) is 10.1 Å². The molecule has 0 spiro atoms. The van der Waals surface area contributed by atoms with Gasteiger partial charge in [0.25, 0.3) is 5.91 Å². The molecule has 0 saturated carbocycles.